The van der Waals surface area contributed by atoms with Crippen LogP contribution in [-0.2, 0) is 0 Å². The molecule has 0 saturated carbocycles. The zero-order chi connectivity index (χ0) is 13.5. The van der Waals surface area contributed by atoms with E-state index in [1.807, 2.05) is 13.8 Å². The standard InChI is InChI=1S/C13H24N4O/c1-5-10(6-2)7-15-12-11(14)13(17-8-16-12)18-9(3)4/h8-10H,5-7,14H2,1-4H3,(H,15,16,17). The van der Waals surface area contributed by atoms with Crippen molar-refractivity contribution in [3.63, 3.8) is 0 Å². The highest BCUT2D eigenvalue weighted by molar-refractivity contribution is 5.66. The molecule has 1 aromatic rings. The Hall–Kier alpha value is -1.52. The van der Waals surface area contributed by atoms with Crippen LogP contribution in [0.2, 0.25) is 0 Å². The van der Waals surface area contributed by atoms with Gasteiger partial charge in [-0.15, -0.1) is 0 Å². The van der Waals surface area contributed by atoms with Crippen molar-refractivity contribution < 1.29 is 4.74 Å². The third-order valence-corrected chi connectivity index (χ3v) is 2.91. The Labute approximate surface area is 109 Å². The molecular formula is C13H24N4O. The largest absolute Gasteiger partial charge is 0.473 e. The van der Waals surface area contributed by atoms with E-state index < -0.39 is 0 Å². The van der Waals surface area contributed by atoms with Crippen LogP contribution < -0.4 is 15.8 Å². The van der Waals surface area contributed by atoms with E-state index in [0.29, 0.717) is 23.3 Å². The molecule has 0 bridgehead atoms. The third kappa shape index (κ3) is 4.05. The normalized spacial score (nSPS) is 11.0. The first-order chi connectivity index (χ1) is 8.58. The lowest BCUT2D eigenvalue weighted by Crippen LogP contribution is -2.16. The van der Waals surface area contributed by atoms with Crippen LogP contribution in [0.4, 0.5) is 11.5 Å². The molecule has 0 aliphatic rings. The second-order valence-corrected chi connectivity index (χ2v) is 4.67. The minimum atomic E-state index is 0.0501. The van der Waals surface area contributed by atoms with Crippen LogP contribution in [0.5, 0.6) is 5.88 Å². The lowest BCUT2D eigenvalue weighted by molar-refractivity contribution is 0.234. The molecule has 0 aliphatic carbocycles. The Bertz CT molecular complexity index is 364. The highest BCUT2D eigenvalue weighted by atomic mass is 16.5. The molecule has 0 spiro atoms. The Morgan fingerprint density at radius 2 is 1.94 bits per heavy atom. The Kier molecular flexibility index (Phi) is 5.68. The van der Waals surface area contributed by atoms with E-state index >= 15 is 0 Å². The summed E-state index contributed by atoms with van der Waals surface area (Å²) in [5, 5.41) is 3.27. The van der Waals surface area contributed by atoms with E-state index in [-0.39, 0.29) is 6.10 Å². The molecule has 102 valence electrons. The molecule has 1 heterocycles. The Balaban J connectivity index is 2.71. The number of hydrogen-bond donors (Lipinski definition) is 2. The number of nitrogen functional groups attached to an aromatic ring is 1. The van der Waals surface area contributed by atoms with Gasteiger partial charge in [-0.3, -0.25) is 0 Å². The van der Waals surface area contributed by atoms with Gasteiger partial charge in [0.15, 0.2) is 5.82 Å². The van der Waals surface area contributed by atoms with Crippen molar-refractivity contribution in [1.29, 1.82) is 0 Å². The fourth-order valence-electron chi connectivity index (χ4n) is 1.66. The SMILES string of the molecule is CCC(CC)CNc1ncnc(OC(C)C)c1N. The minimum Gasteiger partial charge on any atom is -0.473 e. The molecule has 0 aromatic carbocycles. The van der Waals surface area contributed by atoms with E-state index in [2.05, 4.69) is 29.1 Å². The number of ether oxygens (including phenoxy) is 1. The highest BCUT2D eigenvalue weighted by Gasteiger charge is 2.11. The van der Waals surface area contributed by atoms with Crippen LogP contribution in [0.3, 0.4) is 0 Å². The van der Waals surface area contributed by atoms with Gasteiger partial charge in [0, 0.05) is 6.54 Å². The summed E-state index contributed by atoms with van der Waals surface area (Å²) in [6, 6.07) is 0. The van der Waals surface area contributed by atoms with Crippen LogP contribution in [-0.4, -0.2) is 22.6 Å². The first-order valence-corrected chi connectivity index (χ1v) is 6.59. The number of nitrogens with one attached hydrogen (secondary N) is 1. The summed E-state index contributed by atoms with van der Waals surface area (Å²) in [7, 11) is 0. The molecule has 5 heteroatoms. The lowest BCUT2D eigenvalue weighted by Gasteiger charge is -2.16. The predicted octanol–water partition coefficient (Wildman–Crippen LogP) is 2.69. The number of hydrogen-bond acceptors (Lipinski definition) is 5. The molecule has 18 heavy (non-hydrogen) atoms. The molecule has 3 N–H and O–H groups in total. The topological polar surface area (TPSA) is 73.1 Å². The summed E-state index contributed by atoms with van der Waals surface area (Å²) in [4.78, 5) is 8.21. The molecule has 0 saturated heterocycles. The van der Waals surface area contributed by atoms with Crippen LogP contribution >= 0.6 is 0 Å². The van der Waals surface area contributed by atoms with Crippen molar-refractivity contribution in [2.45, 2.75) is 46.6 Å². The molecule has 5 nitrogen and oxygen atoms in total. The first-order valence-electron chi connectivity index (χ1n) is 6.59. The first kappa shape index (κ1) is 14.5. The molecule has 0 amide bonds. The fourth-order valence-corrected chi connectivity index (χ4v) is 1.66. The molecule has 0 radical (unpaired) electrons. The van der Waals surface area contributed by atoms with Gasteiger partial charge in [0.25, 0.3) is 0 Å². The zero-order valence-corrected chi connectivity index (χ0v) is 11.7. The van der Waals surface area contributed by atoms with E-state index in [0.717, 1.165) is 19.4 Å². The fraction of sp³-hybridized carbons (Fsp3) is 0.692. The maximum Gasteiger partial charge on any atom is 0.242 e. The van der Waals surface area contributed by atoms with Gasteiger partial charge in [-0.25, -0.2) is 4.98 Å². The molecule has 0 atom stereocenters. The van der Waals surface area contributed by atoms with Gasteiger partial charge >= 0.3 is 0 Å². The van der Waals surface area contributed by atoms with Crippen molar-refractivity contribution in [3.8, 4) is 5.88 Å². The van der Waals surface area contributed by atoms with E-state index in [9.17, 15) is 0 Å². The molecule has 0 aliphatic heterocycles. The average molecular weight is 252 g/mol. The van der Waals surface area contributed by atoms with Crippen molar-refractivity contribution in [2.75, 3.05) is 17.6 Å². The summed E-state index contributed by atoms with van der Waals surface area (Å²) in [6.45, 7) is 9.13. The lowest BCUT2D eigenvalue weighted by atomic mass is 10.0. The van der Waals surface area contributed by atoms with Gasteiger partial charge in [0.2, 0.25) is 5.88 Å². The van der Waals surface area contributed by atoms with Gasteiger partial charge in [0.1, 0.15) is 12.0 Å². The molecular weight excluding hydrogens is 228 g/mol. The van der Waals surface area contributed by atoms with Crippen LogP contribution in [0.25, 0.3) is 0 Å². The second kappa shape index (κ2) is 7.03. The van der Waals surface area contributed by atoms with Crippen LogP contribution in [0, 0.1) is 5.92 Å². The summed E-state index contributed by atoms with van der Waals surface area (Å²) < 4.78 is 5.53. The molecule has 1 aromatic heterocycles. The van der Waals surface area contributed by atoms with Crippen LogP contribution in [0.1, 0.15) is 40.5 Å². The quantitative estimate of drug-likeness (QED) is 0.780. The van der Waals surface area contributed by atoms with E-state index in [1.165, 1.54) is 6.33 Å². The predicted molar refractivity (Wildman–Crippen MR) is 74.8 cm³/mol. The summed E-state index contributed by atoms with van der Waals surface area (Å²) in [5.74, 6) is 1.74. The number of anilines is 2. The van der Waals surface area contributed by atoms with Gasteiger partial charge in [-0.1, -0.05) is 26.7 Å². The van der Waals surface area contributed by atoms with Gasteiger partial charge in [0.05, 0.1) is 6.10 Å². The Morgan fingerprint density at radius 3 is 2.50 bits per heavy atom. The zero-order valence-electron chi connectivity index (χ0n) is 11.7. The van der Waals surface area contributed by atoms with E-state index in [4.69, 9.17) is 10.5 Å². The van der Waals surface area contributed by atoms with E-state index in [1.54, 1.807) is 0 Å². The number of nitrogens with two attached hydrogens (primary N) is 1. The number of rotatable bonds is 7. The Morgan fingerprint density at radius 1 is 1.28 bits per heavy atom. The second-order valence-electron chi connectivity index (χ2n) is 4.67. The van der Waals surface area contributed by atoms with Gasteiger partial charge in [-0.05, 0) is 19.8 Å². The maximum absolute atomic E-state index is 5.99. The third-order valence-electron chi connectivity index (χ3n) is 2.91. The van der Waals surface area contributed by atoms with Crippen molar-refractivity contribution in [3.05, 3.63) is 6.33 Å². The highest BCUT2D eigenvalue weighted by Crippen LogP contribution is 2.25. The van der Waals surface area contributed by atoms with Gasteiger partial charge in [-0.2, -0.15) is 4.98 Å². The minimum absolute atomic E-state index is 0.0501. The number of aromatic nitrogens is 2. The summed E-state index contributed by atoms with van der Waals surface area (Å²) in [5.41, 5.74) is 6.47. The average Bonchev–Trinajstić information content (AvgIpc) is 2.34. The molecule has 0 fully saturated rings. The monoisotopic (exact) mass is 252 g/mol. The molecule has 1 rings (SSSR count). The smallest absolute Gasteiger partial charge is 0.242 e. The molecule has 0 unspecified atom stereocenters. The maximum atomic E-state index is 5.99. The van der Waals surface area contributed by atoms with Gasteiger partial charge < -0.3 is 15.8 Å². The summed E-state index contributed by atoms with van der Waals surface area (Å²) in [6.07, 6.45) is 3.81. The summed E-state index contributed by atoms with van der Waals surface area (Å²) >= 11 is 0. The van der Waals surface area contributed by atoms with Crippen molar-refractivity contribution >= 4 is 11.5 Å². The number of nitrogens with zero attached hydrogens (tertiary/aromatic N) is 2. The van der Waals surface area contributed by atoms with Crippen LogP contribution in [0.15, 0.2) is 6.33 Å². The van der Waals surface area contributed by atoms with Crippen molar-refractivity contribution in [2.24, 2.45) is 5.92 Å². The van der Waals surface area contributed by atoms with Crippen molar-refractivity contribution in [1.82, 2.24) is 9.97 Å².